The van der Waals surface area contributed by atoms with E-state index in [4.69, 9.17) is 11.6 Å². The lowest BCUT2D eigenvalue weighted by Gasteiger charge is -2.26. The van der Waals surface area contributed by atoms with Crippen molar-refractivity contribution in [2.75, 3.05) is 22.2 Å². The molecule has 0 spiro atoms. The fraction of sp³-hybridized carbons (Fsp3) is 0.429. The number of anilines is 1. The first-order valence-electron chi connectivity index (χ1n) is 6.81. The molecule has 1 aromatic carbocycles. The van der Waals surface area contributed by atoms with E-state index < -0.39 is 9.84 Å². The van der Waals surface area contributed by atoms with E-state index in [0.29, 0.717) is 15.9 Å². The fourth-order valence-corrected chi connectivity index (χ4v) is 5.60. The van der Waals surface area contributed by atoms with Crippen molar-refractivity contribution in [3.63, 3.8) is 0 Å². The van der Waals surface area contributed by atoms with Crippen LogP contribution in [0.1, 0.15) is 6.92 Å². The van der Waals surface area contributed by atoms with Crippen LogP contribution in [-0.4, -0.2) is 48.7 Å². The summed E-state index contributed by atoms with van der Waals surface area (Å²) < 4.78 is 23.7. The topological polar surface area (TPSA) is 66.8 Å². The number of benzene rings is 1. The number of carbonyl (C=O) groups is 1. The standard InChI is InChI=1S/C14H15ClN2O3S2/c1-9(18)6-21-14-16-12-7-22(19,20)8-13(12)17(14)11-4-2-10(15)3-5-11/h2-5,12-13H,6-8H2,1H3/t12-,13-/m1/s1. The molecule has 0 radical (unpaired) electrons. The van der Waals surface area contributed by atoms with Crippen molar-refractivity contribution < 1.29 is 13.2 Å². The highest BCUT2D eigenvalue weighted by Gasteiger charge is 2.47. The Morgan fingerprint density at radius 3 is 2.68 bits per heavy atom. The number of Topliss-reactive ketones (excluding diaryl/α,β-unsaturated/α-hetero) is 1. The maximum Gasteiger partial charge on any atom is 0.164 e. The van der Waals surface area contributed by atoms with Gasteiger partial charge in [-0.25, -0.2) is 8.42 Å². The van der Waals surface area contributed by atoms with Crippen molar-refractivity contribution in [2.45, 2.75) is 19.0 Å². The molecule has 0 bridgehead atoms. The van der Waals surface area contributed by atoms with Crippen LogP contribution in [0.3, 0.4) is 0 Å². The first kappa shape index (κ1) is 15.8. The molecule has 0 saturated carbocycles. The second kappa shape index (κ2) is 5.86. The predicted octanol–water partition coefficient (Wildman–Crippen LogP) is 2.00. The molecule has 0 unspecified atom stereocenters. The van der Waals surface area contributed by atoms with Crippen LogP contribution in [-0.2, 0) is 14.6 Å². The van der Waals surface area contributed by atoms with Crippen molar-refractivity contribution in [3.8, 4) is 0 Å². The Morgan fingerprint density at radius 1 is 1.36 bits per heavy atom. The van der Waals surface area contributed by atoms with Gasteiger partial charge in [0, 0.05) is 10.7 Å². The lowest BCUT2D eigenvalue weighted by molar-refractivity contribution is -0.114. The second-order valence-corrected chi connectivity index (χ2v) is 8.99. The van der Waals surface area contributed by atoms with Crippen molar-refractivity contribution in [1.82, 2.24) is 0 Å². The number of nitrogens with zero attached hydrogens (tertiary/aromatic N) is 2. The normalized spacial score (nSPS) is 25.9. The molecule has 22 heavy (non-hydrogen) atoms. The predicted molar refractivity (Wildman–Crippen MR) is 90.7 cm³/mol. The summed E-state index contributed by atoms with van der Waals surface area (Å²) in [5, 5.41) is 1.33. The van der Waals surface area contributed by atoms with Crippen molar-refractivity contribution in [3.05, 3.63) is 29.3 Å². The Kier molecular flexibility index (Phi) is 4.22. The Labute approximate surface area is 138 Å². The number of ketones is 1. The van der Waals surface area contributed by atoms with Gasteiger partial charge in [-0.3, -0.25) is 9.79 Å². The van der Waals surface area contributed by atoms with E-state index in [9.17, 15) is 13.2 Å². The quantitative estimate of drug-likeness (QED) is 0.826. The van der Waals surface area contributed by atoms with Gasteiger partial charge in [-0.2, -0.15) is 0 Å². The number of hydrogen-bond acceptors (Lipinski definition) is 6. The van der Waals surface area contributed by atoms with Gasteiger partial charge in [0.05, 0.1) is 29.3 Å². The Morgan fingerprint density at radius 2 is 2.05 bits per heavy atom. The third-order valence-corrected chi connectivity index (χ3v) is 6.68. The van der Waals surface area contributed by atoms with E-state index in [1.165, 1.54) is 18.7 Å². The third-order valence-electron chi connectivity index (χ3n) is 3.62. The average Bonchev–Trinajstić information content (AvgIpc) is 2.89. The first-order chi connectivity index (χ1) is 10.4. The Balaban J connectivity index is 1.93. The fourth-order valence-electron chi connectivity index (χ4n) is 2.70. The highest BCUT2D eigenvalue weighted by Crippen LogP contribution is 2.35. The van der Waals surface area contributed by atoms with Gasteiger partial charge in [0.1, 0.15) is 5.78 Å². The maximum absolute atomic E-state index is 11.9. The molecule has 1 fully saturated rings. The summed E-state index contributed by atoms with van der Waals surface area (Å²) in [7, 11) is -3.06. The van der Waals surface area contributed by atoms with Crippen LogP contribution in [0.15, 0.2) is 29.3 Å². The summed E-state index contributed by atoms with van der Waals surface area (Å²) in [6, 6.07) is 6.77. The van der Waals surface area contributed by atoms with Crippen LogP contribution in [0, 0.1) is 0 Å². The van der Waals surface area contributed by atoms with E-state index in [2.05, 4.69) is 4.99 Å². The van der Waals surface area contributed by atoms with Crippen molar-refractivity contribution in [2.24, 2.45) is 4.99 Å². The number of carbonyl (C=O) groups excluding carboxylic acids is 1. The van der Waals surface area contributed by atoms with Gasteiger partial charge in [-0.1, -0.05) is 23.4 Å². The SMILES string of the molecule is CC(=O)CSC1=N[C@@H]2CS(=O)(=O)C[C@H]2N1c1ccc(Cl)cc1. The van der Waals surface area contributed by atoms with Crippen LogP contribution in [0.25, 0.3) is 0 Å². The van der Waals surface area contributed by atoms with Crippen molar-refractivity contribution >= 4 is 49.8 Å². The zero-order chi connectivity index (χ0) is 15.9. The first-order valence-corrected chi connectivity index (χ1v) is 9.99. The second-order valence-electron chi connectivity index (χ2n) is 5.46. The van der Waals surface area contributed by atoms with Gasteiger partial charge in [-0.15, -0.1) is 0 Å². The van der Waals surface area contributed by atoms with E-state index in [0.717, 1.165) is 5.69 Å². The third kappa shape index (κ3) is 3.16. The Bertz CT molecular complexity index is 731. The molecule has 0 N–H and O–H groups in total. The van der Waals surface area contributed by atoms with Crippen LogP contribution in [0.2, 0.25) is 5.02 Å². The number of aliphatic imine (C=N–C) groups is 1. The Hall–Kier alpha value is -1.05. The summed E-state index contributed by atoms with van der Waals surface area (Å²) in [5.41, 5.74) is 0.851. The number of sulfone groups is 1. The largest absolute Gasteiger partial charge is 0.315 e. The molecular weight excluding hydrogens is 344 g/mol. The number of amidine groups is 1. The molecule has 3 rings (SSSR count). The summed E-state index contributed by atoms with van der Waals surface area (Å²) >= 11 is 7.27. The van der Waals surface area contributed by atoms with Gasteiger partial charge < -0.3 is 4.90 Å². The van der Waals surface area contributed by atoms with Crippen molar-refractivity contribution in [1.29, 1.82) is 0 Å². The average molecular weight is 359 g/mol. The van der Waals surface area contributed by atoms with E-state index >= 15 is 0 Å². The molecular formula is C14H15ClN2O3S2. The molecule has 1 aromatic rings. The summed E-state index contributed by atoms with van der Waals surface area (Å²) in [6.45, 7) is 1.53. The molecule has 8 heteroatoms. The zero-order valence-electron chi connectivity index (χ0n) is 11.9. The molecule has 2 atom stereocenters. The van der Waals surface area contributed by atoms with Crippen LogP contribution in [0.4, 0.5) is 5.69 Å². The molecule has 1 saturated heterocycles. The molecule has 2 aliphatic heterocycles. The van der Waals surface area contributed by atoms with E-state index in [1.807, 2.05) is 17.0 Å². The minimum atomic E-state index is -3.06. The van der Waals surface area contributed by atoms with Gasteiger partial charge in [0.15, 0.2) is 15.0 Å². The van der Waals surface area contributed by atoms with Crippen LogP contribution in [0.5, 0.6) is 0 Å². The summed E-state index contributed by atoms with van der Waals surface area (Å²) in [5.74, 6) is 0.558. The van der Waals surface area contributed by atoms with Gasteiger partial charge in [0.25, 0.3) is 0 Å². The number of fused-ring (bicyclic) bond motifs is 1. The number of thioether (sulfide) groups is 1. The molecule has 5 nitrogen and oxygen atoms in total. The van der Waals surface area contributed by atoms with Gasteiger partial charge in [-0.05, 0) is 31.2 Å². The zero-order valence-corrected chi connectivity index (χ0v) is 14.3. The van der Waals surface area contributed by atoms with E-state index in [1.54, 1.807) is 12.1 Å². The summed E-state index contributed by atoms with van der Waals surface area (Å²) in [6.07, 6.45) is 0. The molecule has 0 amide bonds. The highest BCUT2D eigenvalue weighted by atomic mass is 35.5. The molecule has 2 aliphatic rings. The van der Waals surface area contributed by atoms with Gasteiger partial charge in [0.2, 0.25) is 0 Å². The molecule has 0 aliphatic carbocycles. The number of hydrogen-bond donors (Lipinski definition) is 0. The lowest BCUT2D eigenvalue weighted by Crippen LogP contribution is -2.39. The smallest absolute Gasteiger partial charge is 0.164 e. The molecule has 2 heterocycles. The maximum atomic E-state index is 11.9. The minimum Gasteiger partial charge on any atom is -0.315 e. The monoisotopic (exact) mass is 358 g/mol. The minimum absolute atomic E-state index is 0.0634. The lowest BCUT2D eigenvalue weighted by atomic mass is 10.1. The highest BCUT2D eigenvalue weighted by molar-refractivity contribution is 8.14. The van der Waals surface area contributed by atoms with Crippen LogP contribution >= 0.6 is 23.4 Å². The van der Waals surface area contributed by atoms with Crippen LogP contribution < -0.4 is 4.90 Å². The number of halogens is 1. The molecule has 0 aromatic heterocycles. The van der Waals surface area contributed by atoms with E-state index in [-0.39, 0.29) is 29.4 Å². The number of rotatable bonds is 3. The molecule has 118 valence electrons. The summed E-state index contributed by atoms with van der Waals surface area (Å²) in [4.78, 5) is 17.7. The van der Waals surface area contributed by atoms with Gasteiger partial charge >= 0.3 is 0 Å².